The average Bonchev–Trinajstić information content (AvgIpc) is 2.73. The number of rotatable bonds is 5. The molecule has 2 fully saturated rings. The summed E-state index contributed by atoms with van der Waals surface area (Å²) < 4.78 is 0. The Balaban J connectivity index is 1.32. The van der Waals surface area contributed by atoms with E-state index in [2.05, 4.69) is 20.2 Å². The fourth-order valence-electron chi connectivity index (χ4n) is 4.26. The number of halogens is 1. The van der Waals surface area contributed by atoms with E-state index in [0.717, 1.165) is 22.7 Å². The molecule has 4 rings (SSSR count). The highest BCUT2D eigenvalue weighted by Crippen LogP contribution is 2.34. The molecule has 0 spiro atoms. The number of thioether (sulfide) groups is 1. The number of carbonyl (C=O) groups is 1. The number of amides is 1. The molecule has 0 saturated carbocycles. The van der Waals surface area contributed by atoms with Crippen LogP contribution in [0, 0.1) is 5.92 Å². The molecular formula is C21H25ClN4OS. The molecule has 28 heavy (non-hydrogen) atoms. The third kappa shape index (κ3) is 4.67. The largest absolute Gasteiger partial charge is 0.320 e. The van der Waals surface area contributed by atoms with Crippen molar-refractivity contribution in [1.82, 2.24) is 14.9 Å². The molecule has 0 aliphatic carbocycles. The maximum absolute atomic E-state index is 12.3. The first kappa shape index (κ1) is 19.7. The predicted octanol–water partition coefficient (Wildman–Crippen LogP) is 4.74. The van der Waals surface area contributed by atoms with Gasteiger partial charge < -0.3 is 10.2 Å². The van der Waals surface area contributed by atoms with Gasteiger partial charge in [-0.15, -0.1) is 11.8 Å². The molecule has 2 aliphatic heterocycles. The Morgan fingerprint density at radius 2 is 2.07 bits per heavy atom. The second-order valence-electron chi connectivity index (χ2n) is 7.49. The second-order valence-corrected chi connectivity index (χ2v) is 8.89. The fraction of sp³-hybridized carbons (Fsp3) is 0.476. The van der Waals surface area contributed by atoms with Crippen LogP contribution in [0.1, 0.15) is 42.5 Å². The Morgan fingerprint density at radius 1 is 1.18 bits per heavy atom. The van der Waals surface area contributed by atoms with Crippen LogP contribution in [-0.2, 0) is 0 Å². The quantitative estimate of drug-likeness (QED) is 0.563. The second kappa shape index (κ2) is 9.25. The maximum atomic E-state index is 12.3. The number of carbonyl (C=O) groups excluding carboxylic acids is 1. The van der Waals surface area contributed by atoms with Crippen LogP contribution in [0.4, 0.5) is 5.69 Å². The third-order valence-electron chi connectivity index (χ3n) is 5.67. The van der Waals surface area contributed by atoms with E-state index in [0.29, 0.717) is 11.3 Å². The Morgan fingerprint density at radius 3 is 2.89 bits per heavy atom. The van der Waals surface area contributed by atoms with E-state index in [1.165, 1.54) is 45.2 Å². The van der Waals surface area contributed by atoms with E-state index >= 15 is 0 Å². The Labute approximate surface area is 175 Å². The van der Waals surface area contributed by atoms with Gasteiger partial charge in [0.2, 0.25) is 0 Å². The van der Waals surface area contributed by atoms with E-state index in [4.69, 9.17) is 11.6 Å². The molecule has 0 radical (unpaired) electrons. The zero-order valence-corrected chi connectivity index (χ0v) is 17.4. The molecule has 0 aromatic carbocycles. The minimum Gasteiger partial charge on any atom is -0.320 e. The van der Waals surface area contributed by atoms with Gasteiger partial charge in [-0.2, -0.15) is 0 Å². The molecule has 4 heterocycles. The lowest BCUT2D eigenvalue weighted by atomic mass is 9.85. The van der Waals surface area contributed by atoms with Gasteiger partial charge in [0.05, 0.1) is 22.5 Å². The van der Waals surface area contributed by atoms with Gasteiger partial charge >= 0.3 is 0 Å². The third-order valence-corrected chi connectivity index (χ3v) is 7.11. The normalized spacial score (nSPS) is 22.5. The van der Waals surface area contributed by atoms with Crippen molar-refractivity contribution in [3.63, 3.8) is 0 Å². The van der Waals surface area contributed by atoms with Crippen LogP contribution in [0.25, 0.3) is 0 Å². The molecule has 0 bridgehead atoms. The van der Waals surface area contributed by atoms with E-state index in [9.17, 15) is 4.79 Å². The van der Waals surface area contributed by atoms with Crippen molar-refractivity contribution in [3.05, 3.63) is 47.4 Å². The summed E-state index contributed by atoms with van der Waals surface area (Å²) in [5.74, 6) is 1.60. The number of nitrogens with one attached hydrogen (secondary N) is 1. The van der Waals surface area contributed by atoms with Crippen molar-refractivity contribution in [2.45, 2.75) is 43.2 Å². The molecule has 2 atom stereocenters. The molecule has 1 N–H and O–H groups in total. The molecule has 148 valence electrons. The highest BCUT2D eigenvalue weighted by molar-refractivity contribution is 7.99. The SMILES string of the molecule is O=C(Nc1ccc(SCC2CCCN3CCCCC23)nc1)c1cccnc1Cl. The summed E-state index contributed by atoms with van der Waals surface area (Å²) in [5.41, 5.74) is 1.02. The minimum atomic E-state index is -0.278. The molecule has 5 nitrogen and oxygen atoms in total. The lowest BCUT2D eigenvalue weighted by molar-refractivity contribution is 0.0693. The number of hydrogen-bond donors (Lipinski definition) is 1. The summed E-state index contributed by atoms with van der Waals surface area (Å²) in [6.07, 6.45) is 9.99. The lowest BCUT2D eigenvalue weighted by Gasteiger charge is -2.44. The van der Waals surface area contributed by atoms with Crippen LogP contribution in [0.2, 0.25) is 5.15 Å². The average molecular weight is 417 g/mol. The molecular weight excluding hydrogens is 392 g/mol. The van der Waals surface area contributed by atoms with Crippen LogP contribution >= 0.6 is 23.4 Å². The summed E-state index contributed by atoms with van der Waals surface area (Å²) in [6.45, 7) is 2.55. The van der Waals surface area contributed by atoms with Crippen LogP contribution < -0.4 is 5.32 Å². The van der Waals surface area contributed by atoms with Gasteiger partial charge in [-0.05, 0) is 69.0 Å². The number of pyridine rings is 2. The molecule has 2 saturated heterocycles. The Bertz CT molecular complexity index is 814. The number of aromatic nitrogens is 2. The topological polar surface area (TPSA) is 58.1 Å². The van der Waals surface area contributed by atoms with Crippen molar-refractivity contribution >= 4 is 35.0 Å². The first-order chi connectivity index (χ1) is 13.7. The van der Waals surface area contributed by atoms with E-state index in [1.807, 2.05) is 23.9 Å². The number of hydrogen-bond acceptors (Lipinski definition) is 5. The molecule has 2 aromatic heterocycles. The van der Waals surface area contributed by atoms with Crippen LogP contribution in [-0.4, -0.2) is 45.7 Å². The standard InChI is InChI=1S/C21H25ClN4OS/c22-20-17(6-3-10-23-20)21(27)25-16-8-9-19(24-13-16)28-14-15-5-4-12-26-11-2-1-7-18(15)26/h3,6,8-10,13,15,18H,1-2,4-5,7,11-12,14H2,(H,25,27). The number of fused-ring (bicyclic) bond motifs is 1. The van der Waals surface area contributed by atoms with Gasteiger partial charge in [-0.1, -0.05) is 18.0 Å². The van der Waals surface area contributed by atoms with Gasteiger partial charge in [0.1, 0.15) is 5.15 Å². The van der Waals surface area contributed by atoms with Crippen molar-refractivity contribution < 1.29 is 4.79 Å². The van der Waals surface area contributed by atoms with Crippen LogP contribution in [0.15, 0.2) is 41.7 Å². The smallest absolute Gasteiger partial charge is 0.258 e. The van der Waals surface area contributed by atoms with Crippen LogP contribution in [0.3, 0.4) is 0 Å². The van der Waals surface area contributed by atoms with Crippen molar-refractivity contribution in [3.8, 4) is 0 Å². The highest BCUT2D eigenvalue weighted by atomic mass is 35.5. The van der Waals surface area contributed by atoms with Crippen molar-refractivity contribution in [2.75, 3.05) is 24.2 Å². The summed E-state index contributed by atoms with van der Waals surface area (Å²) >= 11 is 7.81. The van der Waals surface area contributed by atoms with Gasteiger partial charge in [0.25, 0.3) is 5.91 Å². The molecule has 7 heteroatoms. The monoisotopic (exact) mass is 416 g/mol. The zero-order valence-electron chi connectivity index (χ0n) is 15.8. The van der Waals surface area contributed by atoms with Gasteiger partial charge in [0.15, 0.2) is 0 Å². The Kier molecular flexibility index (Phi) is 6.50. The van der Waals surface area contributed by atoms with E-state index in [1.54, 1.807) is 24.5 Å². The predicted molar refractivity (Wildman–Crippen MR) is 114 cm³/mol. The molecule has 2 aliphatic rings. The molecule has 2 aromatic rings. The van der Waals surface area contributed by atoms with Gasteiger partial charge in [-0.25, -0.2) is 9.97 Å². The highest BCUT2D eigenvalue weighted by Gasteiger charge is 2.32. The molecule has 1 amide bonds. The summed E-state index contributed by atoms with van der Waals surface area (Å²) in [4.78, 5) is 23.5. The Hall–Kier alpha value is -1.63. The van der Waals surface area contributed by atoms with E-state index < -0.39 is 0 Å². The van der Waals surface area contributed by atoms with E-state index in [-0.39, 0.29) is 11.1 Å². The number of nitrogens with zero attached hydrogens (tertiary/aromatic N) is 3. The van der Waals surface area contributed by atoms with Crippen molar-refractivity contribution in [1.29, 1.82) is 0 Å². The first-order valence-electron chi connectivity index (χ1n) is 9.95. The summed E-state index contributed by atoms with van der Waals surface area (Å²) in [5, 5.41) is 4.03. The van der Waals surface area contributed by atoms with Crippen LogP contribution in [0.5, 0.6) is 0 Å². The summed E-state index contributed by atoms with van der Waals surface area (Å²) in [7, 11) is 0. The maximum Gasteiger partial charge on any atom is 0.258 e. The van der Waals surface area contributed by atoms with Crippen molar-refractivity contribution in [2.24, 2.45) is 5.92 Å². The first-order valence-corrected chi connectivity index (χ1v) is 11.3. The lowest BCUT2D eigenvalue weighted by Crippen LogP contribution is -2.48. The fourth-order valence-corrected chi connectivity index (χ4v) is 5.53. The van der Waals surface area contributed by atoms with Gasteiger partial charge in [0, 0.05) is 18.0 Å². The number of anilines is 1. The minimum absolute atomic E-state index is 0.198. The molecule has 2 unspecified atom stereocenters. The van der Waals surface area contributed by atoms with Gasteiger partial charge in [-0.3, -0.25) is 4.79 Å². The zero-order chi connectivity index (χ0) is 19.3. The summed E-state index contributed by atoms with van der Waals surface area (Å²) in [6, 6.07) is 7.98. The number of piperidine rings is 2.